The summed E-state index contributed by atoms with van der Waals surface area (Å²) in [5.41, 5.74) is -1.79. The molecule has 16 heteroatoms. The summed E-state index contributed by atoms with van der Waals surface area (Å²) < 4.78 is 39.0. The van der Waals surface area contributed by atoms with E-state index < -0.39 is 89.2 Å². The highest BCUT2D eigenvalue weighted by Crippen LogP contribution is 2.69. The second-order valence-corrected chi connectivity index (χ2v) is 20.1. The van der Waals surface area contributed by atoms with Gasteiger partial charge in [-0.05, 0) is 117 Å². The third-order valence-corrected chi connectivity index (χ3v) is 14.3. The molecule has 2 saturated heterocycles. The topological polar surface area (TPSA) is 237 Å². The van der Waals surface area contributed by atoms with Gasteiger partial charge in [-0.15, -0.1) is 0 Å². The molecule has 4 bridgehead atoms. The van der Waals surface area contributed by atoms with Crippen molar-refractivity contribution in [2.75, 3.05) is 19.8 Å². The number of rotatable bonds is 15. The zero-order valence-electron chi connectivity index (χ0n) is 40.3. The van der Waals surface area contributed by atoms with E-state index in [1.807, 2.05) is 66.7 Å². The summed E-state index contributed by atoms with van der Waals surface area (Å²) in [5, 5.41) is 52.7. The third kappa shape index (κ3) is 8.57. The molecule has 4 aliphatic heterocycles. The number of allylic oxidation sites excluding steroid dienone is 5. The van der Waals surface area contributed by atoms with E-state index in [1.54, 1.807) is 19.1 Å². The Morgan fingerprint density at radius 3 is 2.28 bits per heavy atom. The molecule has 370 valence electrons. The first-order valence-electron chi connectivity index (χ1n) is 23.6. The van der Waals surface area contributed by atoms with E-state index in [9.17, 15) is 39.9 Å². The third-order valence-electron chi connectivity index (χ3n) is 14.3. The molecule has 1 spiro atoms. The van der Waals surface area contributed by atoms with Crippen LogP contribution in [-0.4, -0.2) is 122 Å². The summed E-state index contributed by atoms with van der Waals surface area (Å²) in [4.78, 5) is 58.2. The molecule has 6 N–H and O–H groups in total. The molecule has 4 heterocycles. The Kier molecular flexibility index (Phi) is 13.5. The molecule has 3 fully saturated rings. The number of aliphatic hydroxyl groups excluding tert-OH is 5. The van der Waals surface area contributed by atoms with Crippen molar-refractivity contribution in [3.8, 4) is 23.0 Å². The average Bonchev–Trinajstić information content (AvgIpc) is 3.46. The number of benzene rings is 2. The number of ketones is 2. The molecule has 2 aromatic carbocycles. The minimum absolute atomic E-state index is 0.0254. The first kappa shape index (κ1) is 49.9. The molecule has 1 amide bonds. The van der Waals surface area contributed by atoms with Crippen molar-refractivity contribution in [2.24, 2.45) is 11.8 Å². The van der Waals surface area contributed by atoms with Crippen LogP contribution < -0.4 is 24.3 Å². The van der Waals surface area contributed by atoms with Crippen molar-refractivity contribution in [3.63, 3.8) is 0 Å². The highest BCUT2D eigenvalue weighted by atomic mass is 16.7. The van der Waals surface area contributed by atoms with Gasteiger partial charge in [0.05, 0.1) is 29.9 Å². The smallest absolute Gasteiger partial charge is 0.343 e. The van der Waals surface area contributed by atoms with Crippen molar-refractivity contribution in [3.05, 3.63) is 99.2 Å². The molecule has 1 saturated carbocycles. The predicted molar refractivity (Wildman–Crippen MR) is 251 cm³/mol. The molecule has 9 rings (SSSR count). The van der Waals surface area contributed by atoms with Crippen LogP contribution in [0.25, 0.3) is 6.08 Å². The first-order valence-corrected chi connectivity index (χ1v) is 23.6. The van der Waals surface area contributed by atoms with Gasteiger partial charge < -0.3 is 59.3 Å². The van der Waals surface area contributed by atoms with Crippen LogP contribution in [0, 0.1) is 11.8 Å². The Bertz CT molecular complexity index is 2580. The monoisotopic (exact) mass is 953 g/mol. The Labute approximate surface area is 401 Å². The van der Waals surface area contributed by atoms with Crippen LogP contribution >= 0.6 is 0 Å². The van der Waals surface area contributed by atoms with Crippen LogP contribution in [0.3, 0.4) is 0 Å². The second kappa shape index (κ2) is 18.7. The maximum absolute atomic E-state index is 15.8. The van der Waals surface area contributed by atoms with Gasteiger partial charge in [0.25, 0.3) is 0 Å². The Hall–Kier alpha value is -5.46. The number of nitrogens with one attached hydrogen (secondary N) is 1. The second-order valence-electron chi connectivity index (χ2n) is 20.1. The lowest BCUT2D eigenvalue weighted by Crippen LogP contribution is -2.72. The minimum Gasteiger partial charge on any atom is -0.482 e. The van der Waals surface area contributed by atoms with E-state index in [2.05, 4.69) is 11.4 Å². The fourth-order valence-corrected chi connectivity index (χ4v) is 10.7. The number of carbonyl (C=O) groups excluding carboxylic acids is 4. The fourth-order valence-electron chi connectivity index (χ4n) is 10.7. The zero-order chi connectivity index (χ0) is 50.0. The average molecular weight is 954 g/mol. The number of hydrogen-bond donors (Lipinski definition) is 6. The predicted octanol–water partition coefficient (Wildman–Crippen LogP) is 4.96. The number of amides is 1. The molecule has 10 atom stereocenters. The van der Waals surface area contributed by atoms with Gasteiger partial charge in [-0.2, -0.15) is 0 Å². The van der Waals surface area contributed by atoms with Crippen molar-refractivity contribution in [1.82, 2.24) is 5.32 Å². The van der Waals surface area contributed by atoms with E-state index in [4.69, 9.17) is 28.4 Å². The summed E-state index contributed by atoms with van der Waals surface area (Å²) in [5.74, 6) is -2.88. The Morgan fingerprint density at radius 2 is 1.61 bits per heavy atom. The summed E-state index contributed by atoms with van der Waals surface area (Å²) in [6, 6.07) is 5.62. The molecule has 0 radical (unpaired) electrons. The van der Waals surface area contributed by atoms with Gasteiger partial charge in [-0.25, -0.2) is 4.79 Å². The number of ether oxygens (including phenoxy) is 6. The largest absolute Gasteiger partial charge is 0.482 e. The van der Waals surface area contributed by atoms with Crippen LogP contribution in [0.2, 0.25) is 0 Å². The van der Waals surface area contributed by atoms with Crippen molar-refractivity contribution < 1.29 is 73.1 Å². The lowest BCUT2D eigenvalue weighted by atomic mass is 9.51. The van der Waals surface area contributed by atoms with E-state index in [-0.39, 0.29) is 71.3 Å². The normalized spacial score (nSPS) is 31.3. The molecule has 7 aliphatic rings. The van der Waals surface area contributed by atoms with Crippen LogP contribution in [0.15, 0.2) is 76.9 Å². The summed E-state index contributed by atoms with van der Waals surface area (Å²) in [7, 11) is 0. The van der Waals surface area contributed by atoms with Crippen LogP contribution in [0.1, 0.15) is 113 Å². The van der Waals surface area contributed by atoms with Crippen molar-refractivity contribution in [1.29, 1.82) is 0 Å². The van der Waals surface area contributed by atoms with Gasteiger partial charge in [0.15, 0.2) is 28.5 Å². The van der Waals surface area contributed by atoms with Crippen molar-refractivity contribution in [2.45, 2.75) is 141 Å². The van der Waals surface area contributed by atoms with Gasteiger partial charge in [0.2, 0.25) is 12.2 Å². The van der Waals surface area contributed by atoms with E-state index in [0.717, 1.165) is 11.1 Å². The lowest BCUT2D eigenvalue weighted by molar-refractivity contribution is -0.277. The van der Waals surface area contributed by atoms with Gasteiger partial charge in [0, 0.05) is 41.5 Å². The highest BCUT2D eigenvalue weighted by molar-refractivity contribution is 6.19. The summed E-state index contributed by atoms with van der Waals surface area (Å²) in [6.07, 6.45) is 5.29. The fraction of sp³-hybridized carbons (Fsp3) is 0.509. The molecule has 69 heavy (non-hydrogen) atoms. The standard InChI is InChI=1S/C53H63NO15/c1-27(2)10-9-19-51(8)20-18-34-43(67-51)33(16-11-28(3)4)45-38(44(34)66-48(63)30-12-14-32(15-13-30)64-49-42(60)41(59)40(58)36(26-56)65-49)39(57)35-24-31-25-37-50(6,7)69-52(46(31)61,53(35,37)68-45)21-17-29(5)47(62)54-22-23-55/h10-15,17-18,20,24,31,36-37,40-42,49,55-56,58-60H,9,16,19,21-23,25-26H2,1-8H3,(H,54,62)/b29-17-/t31?,36-,37?,40-,41+,42-,49-,51?,52?,53?/m1/s1. The highest BCUT2D eigenvalue weighted by Gasteiger charge is 2.81. The Balaban J connectivity index is 1.26. The molecule has 16 nitrogen and oxygen atoms in total. The number of Topliss-reactive ketones (excluding diaryl/α,β-unsaturated/α-hetero) is 2. The van der Waals surface area contributed by atoms with Gasteiger partial charge in [-0.1, -0.05) is 35.5 Å². The molecule has 5 unspecified atom stereocenters. The molecular formula is C53H63NO15. The van der Waals surface area contributed by atoms with Gasteiger partial charge in [0.1, 0.15) is 52.8 Å². The van der Waals surface area contributed by atoms with E-state index in [0.29, 0.717) is 36.1 Å². The molecular weight excluding hydrogens is 891 g/mol. The van der Waals surface area contributed by atoms with E-state index >= 15 is 4.79 Å². The maximum atomic E-state index is 15.8. The van der Waals surface area contributed by atoms with Crippen LogP contribution in [0.5, 0.6) is 23.0 Å². The first-order chi connectivity index (χ1) is 32.6. The number of carbonyl (C=O) groups is 4. The number of fused-ring (bicyclic) bond motifs is 2. The minimum atomic E-state index is -1.75. The maximum Gasteiger partial charge on any atom is 0.343 e. The van der Waals surface area contributed by atoms with Gasteiger partial charge >= 0.3 is 5.97 Å². The zero-order valence-corrected chi connectivity index (χ0v) is 40.3. The van der Waals surface area contributed by atoms with Crippen LogP contribution in [-0.2, 0) is 25.5 Å². The number of esters is 1. The van der Waals surface area contributed by atoms with Crippen molar-refractivity contribution >= 4 is 29.5 Å². The van der Waals surface area contributed by atoms with Gasteiger partial charge in [-0.3, -0.25) is 14.4 Å². The SMILES string of the molecule is CC(C)=CCCC1(C)C=Cc2c(c(CC=C(C)C)c3c(c2OC(=O)c2ccc(O[C@@H]4O[C@H](CO)[C@@H](O)[C@H](O)[C@H]4O)cc2)C(=O)C2=CC4CC5C(C)(C)OC(C/C=C(/C)C(=O)NCCO)(C4=O)C25O3)O1. The van der Waals surface area contributed by atoms with Crippen LogP contribution in [0.4, 0.5) is 0 Å². The quantitative estimate of drug-likeness (QED) is 0.0600. The Morgan fingerprint density at radius 1 is 0.899 bits per heavy atom. The number of aliphatic hydroxyl groups is 5. The molecule has 0 aromatic heterocycles. The van der Waals surface area contributed by atoms with E-state index in [1.165, 1.54) is 24.3 Å². The summed E-state index contributed by atoms with van der Waals surface area (Å²) in [6.45, 7) is 14.4. The number of hydrogen-bond acceptors (Lipinski definition) is 15. The lowest BCUT2D eigenvalue weighted by Gasteiger charge is -2.56. The molecule has 2 aromatic rings. The summed E-state index contributed by atoms with van der Waals surface area (Å²) >= 11 is 0. The molecule has 3 aliphatic carbocycles.